The SMILES string of the molecule is COC(=O)[C@H](CCC(=O)OCC(C)C)NC(=O)c1ccc(N(C=O)Cc2cnc3nc(NC(=O)C(C)C)[nH]c(=O)c3n2)cc1. The highest BCUT2D eigenvalue weighted by Crippen LogP contribution is 2.17. The number of H-pyrrole nitrogens is 1. The molecule has 0 aliphatic carbocycles. The number of benzene rings is 1. The minimum Gasteiger partial charge on any atom is -0.467 e. The van der Waals surface area contributed by atoms with Gasteiger partial charge >= 0.3 is 11.9 Å². The number of fused-ring (bicyclic) bond motifs is 1. The summed E-state index contributed by atoms with van der Waals surface area (Å²) in [6.07, 6.45) is 1.81. The molecular weight excluding hydrogens is 574 g/mol. The molecule has 0 saturated heterocycles. The number of esters is 2. The summed E-state index contributed by atoms with van der Waals surface area (Å²) in [5.74, 6) is -2.33. The van der Waals surface area contributed by atoms with E-state index in [1.54, 1.807) is 13.8 Å². The number of ether oxygens (including phenoxy) is 2. The van der Waals surface area contributed by atoms with Crippen LogP contribution < -0.4 is 21.1 Å². The number of carbonyl (C=O) groups excluding carboxylic acids is 5. The minimum atomic E-state index is -1.07. The molecule has 2 aromatic heterocycles. The van der Waals surface area contributed by atoms with Gasteiger partial charge in [-0.15, -0.1) is 0 Å². The average molecular weight is 610 g/mol. The number of rotatable bonds is 14. The largest absolute Gasteiger partial charge is 0.467 e. The Hall–Kier alpha value is -5.21. The zero-order valence-corrected chi connectivity index (χ0v) is 25.1. The van der Waals surface area contributed by atoms with Gasteiger partial charge in [0, 0.05) is 23.6 Å². The summed E-state index contributed by atoms with van der Waals surface area (Å²) in [5.41, 5.74) is 0.215. The van der Waals surface area contributed by atoms with E-state index < -0.39 is 29.4 Å². The number of amides is 3. The molecule has 2 heterocycles. The lowest BCUT2D eigenvalue weighted by Crippen LogP contribution is -2.42. The maximum Gasteiger partial charge on any atom is 0.328 e. The molecule has 3 rings (SSSR count). The van der Waals surface area contributed by atoms with Gasteiger partial charge in [-0.3, -0.25) is 34.3 Å². The topological polar surface area (TPSA) is 203 Å². The maximum atomic E-state index is 12.9. The Kier molecular flexibility index (Phi) is 11.6. The normalized spacial score (nSPS) is 11.6. The maximum absolute atomic E-state index is 12.9. The number of hydrogen-bond donors (Lipinski definition) is 3. The molecule has 0 unspecified atom stereocenters. The molecule has 15 heteroatoms. The van der Waals surface area contributed by atoms with Crippen LogP contribution in [-0.2, 0) is 35.2 Å². The zero-order valence-electron chi connectivity index (χ0n) is 25.1. The van der Waals surface area contributed by atoms with E-state index in [1.165, 1.54) is 42.5 Å². The molecule has 3 aromatic rings. The first-order valence-corrected chi connectivity index (χ1v) is 13.8. The van der Waals surface area contributed by atoms with E-state index in [-0.39, 0.29) is 72.1 Å². The lowest BCUT2D eigenvalue weighted by Gasteiger charge is -2.18. The third kappa shape index (κ3) is 9.14. The highest BCUT2D eigenvalue weighted by molar-refractivity contribution is 5.97. The molecule has 0 saturated carbocycles. The van der Waals surface area contributed by atoms with Gasteiger partial charge in [0.15, 0.2) is 11.2 Å². The van der Waals surface area contributed by atoms with Crippen molar-refractivity contribution in [1.29, 1.82) is 0 Å². The fourth-order valence-corrected chi connectivity index (χ4v) is 3.75. The van der Waals surface area contributed by atoms with Crippen molar-refractivity contribution in [3.05, 3.63) is 52.1 Å². The first kappa shape index (κ1) is 33.3. The first-order chi connectivity index (χ1) is 20.9. The summed E-state index contributed by atoms with van der Waals surface area (Å²) >= 11 is 0. The predicted molar refractivity (Wildman–Crippen MR) is 158 cm³/mol. The molecule has 15 nitrogen and oxygen atoms in total. The Morgan fingerprint density at radius 3 is 2.39 bits per heavy atom. The van der Waals surface area contributed by atoms with Crippen molar-refractivity contribution < 1.29 is 33.4 Å². The second kappa shape index (κ2) is 15.3. The smallest absolute Gasteiger partial charge is 0.328 e. The Balaban J connectivity index is 1.68. The molecule has 3 N–H and O–H groups in total. The first-order valence-electron chi connectivity index (χ1n) is 13.8. The zero-order chi connectivity index (χ0) is 32.4. The molecule has 0 bridgehead atoms. The second-order valence-corrected chi connectivity index (χ2v) is 10.5. The van der Waals surface area contributed by atoms with Gasteiger partial charge in [0.25, 0.3) is 11.5 Å². The van der Waals surface area contributed by atoms with Crippen molar-refractivity contribution in [1.82, 2.24) is 25.3 Å². The van der Waals surface area contributed by atoms with Crippen molar-refractivity contribution in [2.75, 3.05) is 23.9 Å². The number of anilines is 2. The van der Waals surface area contributed by atoms with Crippen molar-refractivity contribution in [2.45, 2.75) is 53.1 Å². The third-order valence-electron chi connectivity index (χ3n) is 6.16. The van der Waals surface area contributed by atoms with E-state index in [1.807, 2.05) is 13.8 Å². The number of methoxy groups -OCH3 is 1. The molecule has 3 amide bonds. The van der Waals surface area contributed by atoms with Crippen LogP contribution >= 0.6 is 0 Å². The number of hydrogen-bond acceptors (Lipinski definition) is 11. The van der Waals surface area contributed by atoms with Crippen LogP contribution in [0.5, 0.6) is 0 Å². The summed E-state index contributed by atoms with van der Waals surface area (Å²) in [6.45, 7) is 7.38. The van der Waals surface area contributed by atoms with Gasteiger partial charge in [0.2, 0.25) is 18.3 Å². The van der Waals surface area contributed by atoms with E-state index >= 15 is 0 Å². The average Bonchev–Trinajstić information content (AvgIpc) is 3.00. The van der Waals surface area contributed by atoms with E-state index in [2.05, 4.69) is 30.6 Å². The van der Waals surface area contributed by atoms with Crippen molar-refractivity contribution in [3.63, 3.8) is 0 Å². The quantitative estimate of drug-likeness (QED) is 0.177. The molecule has 0 fully saturated rings. The van der Waals surface area contributed by atoms with Crippen LogP contribution in [-0.4, -0.2) is 69.9 Å². The third-order valence-corrected chi connectivity index (χ3v) is 6.16. The highest BCUT2D eigenvalue weighted by atomic mass is 16.5. The van der Waals surface area contributed by atoms with Crippen molar-refractivity contribution in [3.8, 4) is 0 Å². The Morgan fingerprint density at radius 1 is 1.07 bits per heavy atom. The molecule has 234 valence electrons. The Labute approximate surface area is 252 Å². The van der Waals surface area contributed by atoms with Crippen LogP contribution in [0.1, 0.15) is 56.6 Å². The summed E-state index contributed by atoms with van der Waals surface area (Å²) < 4.78 is 9.88. The van der Waals surface area contributed by atoms with Gasteiger partial charge in [-0.2, -0.15) is 4.98 Å². The summed E-state index contributed by atoms with van der Waals surface area (Å²) in [5, 5.41) is 5.07. The van der Waals surface area contributed by atoms with Crippen LogP contribution in [0.3, 0.4) is 0 Å². The Morgan fingerprint density at radius 2 is 1.77 bits per heavy atom. The molecular formula is C29H35N7O8. The minimum absolute atomic E-state index is 0.00854. The lowest BCUT2D eigenvalue weighted by molar-refractivity contribution is -0.146. The van der Waals surface area contributed by atoms with Crippen molar-refractivity contribution >= 4 is 53.0 Å². The van der Waals surface area contributed by atoms with E-state index in [9.17, 15) is 28.8 Å². The standard InChI is InChI=1S/C29H35N7O8/c1-16(2)14-44-22(38)11-10-21(28(42)43-5)32-26(40)18-6-8-20(9-7-18)36(15-37)13-19-12-30-24-23(31-19)27(41)35-29(33-24)34-25(39)17(3)4/h6-9,12,15-17,21H,10-11,13-14H2,1-5H3,(H,32,40)(H2,30,33,34,35,39,41)/t21-/m0/s1. The number of nitrogens with zero attached hydrogens (tertiary/aromatic N) is 4. The fourth-order valence-electron chi connectivity index (χ4n) is 3.75. The molecule has 0 spiro atoms. The van der Waals surface area contributed by atoms with Gasteiger partial charge < -0.3 is 19.7 Å². The number of carbonyl (C=O) groups is 5. The van der Waals surface area contributed by atoms with Crippen LogP contribution in [0.2, 0.25) is 0 Å². The van der Waals surface area contributed by atoms with Crippen LogP contribution in [0.15, 0.2) is 35.3 Å². The van der Waals surface area contributed by atoms with Gasteiger partial charge in [-0.25, -0.2) is 14.8 Å². The molecule has 1 aromatic carbocycles. The summed E-state index contributed by atoms with van der Waals surface area (Å²) in [4.78, 5) is 89.7. The summed E-state index contributed by atoms with van der Waals surface area (Å²) in [6, 6.07) is 4.88. The molecule has 44 heavy (non-hydrogen) atoms. The van der Waals surface area contributed by atoms with E-state index in [0.29, 0.717) is 12.1 Å². The van der Waals surface area contributed by atoms with Gasteiger partial charge in [0.05, 0.1) is 32.2 Å². The second-order valence-electron chi connectivity index (χ2n) is 10.5. The fraction of sp³-hybridized carbons (Fsp3) is 0.414. The number of nitrogens with one attached hydrogen (secondary N) is 3. The number of aromatic amines is 1. The van der Waals surface area contributed by atoms with Gasteiger partial charge in [0.1, 0.15) is 6.04 Å². The lowest BCUT2D eigenvalue weighted by atomic mass is 10.1. The van der Waals surface area contributed by atoms with E-state index in [4.69, 9.17) is 9.47 Å². The molecule has 0 radical (unpaired) electrons. The highest BCUT2D eigenvalue weighted by Gasteiger charge is 2.24. The number of aromatic nitrogens is 4. The molecule has 0 aliphatic rings. The van der Waals surface area contributed by atoms with Gasteiger partial charge in [-0.05, 0) is 36.6 Å². The molecule has 1 atom stereocenters. The van der Waals surface area contributed by atoms with Crippen molar-refractivity contribution in [2.24, 2.45) is 11.8 Å². The van der Waals surface area contributed by atoms with Crippen LogP contribution in [0, 0.1) is 11.8 Å². The molecule has 0 aliphatic heterocycles. The van der Waals surface area contributed by atoms with Crippen LogP contribution in [0.4, 0.5) is 11.6 Å². The predicted octanol–water partition coefficient (Wildman–Crippen LogP) is 1.72. The monoisotopic (exact) mass is 609 g/mol. The van der Waals surface area contributed by atoms with Crippen LogP contribution in [0.25, 0.3) is 11.2 Å². The van der Waals surface area contributed by atoms with E-state index in [0.717, 1.165) is 0 Å². The van der Waals surface area contributed by atoms with Gasteiger partial charge in [-0.1, -0.05) is 27.7 Å². The summed E-state index contributed by atoms with van der Waals surface area (Å²) in [7, 11) is 1.18. The Bertz CT molecular complexity index is 1570.